The molecule has 1 aromatic heterocycles. The summed E-state index contributed by atoms with van der Waals surface area (Å²) in [5.41, 5.74) is 1.31. The number of aromatic nitrogens is 1. The van der Waals surface area contributed by atoms with Crippen molar-refractivity contribution in [1.29, 1.82) is 0 Å². The highest BCUT2D eigenvalue weighted by molar-refractivity contribution is 5.94. The van der Waals surface area contributed by atoms with Crippen LogP contribution in [-0.4, -0.2) is 54.3 Å². The van der Waals surface area contributed by atoms with Crippen LogP contribution < -0.4 is 0 Å². The van der Waals surface area contributed by atoms with Gasteiger partial charge in [-0.15, -0.1) is 6.58 Å². The Morgan fingerprint density at radius 3 is 3.21 bits per heavy atom. The Balaban J connectivity index is 1.69. The summed E-state index contributed by atoms with van der Waals surface area (Å²) in [6.07, 6.45) is 6.63. The van der Waals surface area contributed by atoms with E-state index in [1.165, 1.54) is 0 Å². The van der Waals surface area contributed by atoms with Gasteiger partial charge in [-0.1, -0.05) is 12.5 Å². The lowest BCUT2D eigenvalue weighted by molar-refractivity contribution is -0.132. The highest BCUT2D eigenvalue weighted by atomic mass is 16.5. The van der Waals surface area contributed by atoms with Gasteiger partial charge in [0.25, 0.3) is 5.91 Å². The summed E-state index contributed by atoms with van der Waals surface area (Å²) in [6, 6.07) is 3.73. The summed E-state index contributed by atoms with van der Waals surface area (Å²) < 4.78 is 11.9. The lowest BCUT2D eigenvalue weighted by Crippen LogP contribution is -2.56. The van der Waals surface area contributed by atoms with Gasteiger partial charge in [-0.3, -0.25) is 9.78 Å². The minimum Gasteiger partial charge on any atom is -0.377 e. The van der Waals surface area contributed by atoms with Crippen molar-refractivity contribution in [3.05, 3.63) is 42.2 Å². The Morgan fingerprint density at radius 2 is 2.46 bits per heavy atom. The minimum absolute atomic E-state index is 0.0443. The fraction of sp³-hybridized carbons (Fsp3) is 0.579. The van der Waals surface area contributed by atoms with Gasteiger partial charge in [0.05, 0.1) is 37.5 Å². The van der Waals surface area contributed by atoms with Crippen LogP contribution in [0.3, 0.4) is 0 Å². The molecule has 0 N–H and O–H groups in total. The number of aryl methyl sites for hydroxylation is 1. The first kappa shape index (κ1) is 17.1. The molecule has 2 aliphatic rings. The fourth-order valence-electron chi connectivity index (χ4n) is 3.80. The second kappa shape index (κ2) is 7.45. The number of carbonyl (C=O) groups is 1. The third kappa shape index (κ3) is 3.52. The van der Waals surface area contributed by atoms with Gasteiger partial charge in [-0.2, -0.15) is 0 Å². The number of morpholine rings is 1. The van der Waals surface area contributed by atoms with Gasteiger partial charge >= 0.3 is 0 Å². The van der Waals surface area contributed by atoms with Crippen LogP contribution in [0.4, 0.5) is 0 Å². The molecule has 1 aliphatic heterocycles. The first-order valence-corrected chi connectivity index (χ1v) is 8.69. The van der Waals surface area contributed by atoms with Crippen LogP contribution in [0.2, 0.25) is 0 Å². The molecular formula is C19H26N2O3. The van der Waals surface area contributed by atoms with Crippen molar-refractivity contribution in [2.45, 2.75) is 31.8 Å². The Morgan fingerprint density at radius 1 is 1.58 bits per heavy atom. The molecule has 1 aromatic rings. The molecule has 2 heterocycles. The number of hydrogen-bond donors (Lipinski definition) is 0. The number of amides is 1. The van der Waals surface area contributed by atoms with Crippen LogP contribution in [0.15, 0.2) is 31.0 Å². The van der Waals surface area contributed by atoms with E-state index in [0.717, 1.165) is 25.0 Å². The summed E-state index contributed by atoms with van der Waals surface area (Å²) in [4.78, 5) is 19.0. The molecule has 5 heteroatoms. The molecule has 0 unspecified atom stereocenters. The number of hydrogen-bond acceptors (Lipinski definition) is 4. The highest BCUT2D eigenvalue weighted by Crippen LogP contribution is 2.41. The molecule has 1 spiro atoms. The predicted octanol–water partition coefficient (Wildman–Crippen LogP) is 2.60. The number of ether oxygens (including phenoxy) is 2. The lowest BCUT2D eigenvalue weighted by atomic mass is 9.89. The largest absolute Gasteiger partial charge is 0.377 e. The SMILES string of the molecule is C=CCOC[C@@H]1CCC[C@@]12CN(C(=O)c1ccc(C)nc1)CCO2. The molecule has 1 amide bonds. The van der Waals surface area contributed by atoms with Crippen LogP contribution in [0, 0.1) is 12.8 Å². The molecule has 3 rings (SSSR count). The Labute approximate surface area is 143 Å². The molecule has 5 nitrogen and oxygen atoms in total. The molecule has 0 bridgehead atoms. The van der Waals surface area contributed by atoms with E-state index in [1.807, 2.05) is 24.0 Å². The van der Waals surface area contributed by atoms with E-state index >= 15 is 0 Å². The molecule has 1 saturated heterocycles. The zero-order valence-electron chi connectivity index (χ0n) is 14.4. The monoisotopic (exact) mass is 330 g/mol. The molecule has 0 aromatic carbocycles. The maximum absolute atomic E-state index is 12.8. The maximum Gasteiger partial charge on any atom is 0.255 e. The van der Waals surface area contributed by atoms with Gasteiger partial charge in [-0.05, 0) is 31.9 Å². The third-order valence-electron chi connectivity index (χ3n) is 5.11. The number of rotatable bonds is 5. The van der Waals surface area contributed by atoms with E-state index in [2.05, 4.69) is 11.6 Å². The molecule has 0 radical (unpaired) electrons. The van der Waals surface area contributed by atoms with E-state index < -0.39 is 0 Å². The van der Waals surface area contributed by atoms with Crippen molar-refractivity contribution >= 4 is 5.91 Å². The van der Waals surface area contributed by atoms with Gasteiger partial charge < -0.3 is 14.4 Å². The van der Waals surface area contributed by atoms with Crippen molar-refractivity contribution in [2.75, 3.05) is 32.9 Å². The summed E-state index contributed by atoms with van der Waals surface area (Å²) >= 11 is 0. The second-order valence-electron chi connectivity index (χ2n) is 6.74. The quantitative estimate of drug-likeness (QED) is 0.615. The molecule has 130 valence electrons. The Bertz CT molecular complexity index is 587. The van der Waals surface area contributed by atoms with E-state index in [9.17, 15) is 4.79 Å². The van der Waals surface area contributed by atoms with Crippen LogP contribution in [0.1, 0.15) is 35.3 Å². The van der Waals surface area contributed by atoms with E-state index in [4.69, 9.17) is 9.47 Å². The first-order valence-electron chi connectivity index (χ1n) is 8.69. The molecule has 2 fully saturated rings. The molecule has 2 atom stereocenters. The smallest absolute Gasteiger partial charge is 0.255 e. The van der Waals surface area contributed by atoms with E-state index in [0.29, 0.717) is 44.4 Å². The van der Waals surface area contributed by atoms with Crippen molar-refractivity contribution in [2.24, 2.45) is 5.92 Å². The average molecular weight is 330 g/mol. The second-order valence-corrected chi connectivity index (χ2v) is 6.74. The number of carbonyl (C=O) groups excluding carboxylic acids is 1. The summed E-state index contributed by atoms with van der Waals surface area (Å²) in [5, 5.41) is 0. The third-order valence-corrected chi connectivity index (χ3v) is 5.11. The summed E-state index contributed by atoms with van der Waals surface area (Å²) in [5.74, 6) is 0.382. The van der Waals surface area contributed by atoms with Gasteiger partial charge in [0.15, 0.2) is 0 Å². The highest BCUT2D eigenvalue weighted by Gasteiger charge is 2.47. The maximum atomic E-state index is 12.8. The van der Waals surface area contributed by atoms with E-state index in [-0.39, 0.29) is 11.5 Å². The fourth-order valence-corrected chi connectivity index (χ4v) is 3.80. The van der Waals surface area contributed by atoms with Crippen molar-refractivity contribution in [3.63, 3.8) is 0 Å². The predicted molar refractivity (Wildman–Crippen MR) is 91.9 cm³/mol. The molecular weight excluding hydrogens is 304 g/mol. The Hall–Kier alpha value is -1.72. The molecule has 1 saturated carbocycles. The van der Waals surface area contributed by atoms with Gasteiger partial charge in [0, 0.05) is 24.4 Å². The lowest BCUT2D eigenvalue weighted by Gasteiger charge is -2.44. The van der Waals surface area contributed by atoms with Crippen LogP contribution >= 0.6 is 0 Å². The van der Waals surface area contributed by atoms with Crippen LogP contribution in [0.5, 0.6) is 0 Å². The van der Waals surface area contributed by atoms with Gasteiger partial charge in [0.1, 0.15) is 0 Å². The zero-order chi connectivity index (χ0) is 17.0. The normalized spacial score (nSPS) is 26.7. The molecule has 24 heavy (non-hydrogen) atoms. The number of pyridine rings is 1. The van der Waals surface area contributed by atoms with Crippen molar-refractivity contribution in [3.8, 4) is 0 Å². The standard InChI is InChI=1S/C19H26N2O3/c1-3-10-23-13-17-5-4-8-19(17)14-21(9-11-24-19)18(22)16-7-6-15(2)20-12-16/h3,6-7,12,17H,1,4-5,8-11,13-14H2,2H3/t17-,19+/m0/s1. The minimum atomic E-state index is -0.257. The van der Waals surface area contributed by atoms with Gasteiger partial charge in [0.2, 0.25) is 0 Å². The number of nitrogens with zero attached hydrogens (tertiary/aromatic N) is 2. The van der Waals surface area contributed by atoms with Crippen molar-refractivity contribution < 1.29 is 14.3 Å². The zero-order valence-corrected chi connectivity index (χ0v) is 14.4. The van der Waals surface area contributed by atoms with Gasteiger partial charge in [-0.25, -0.2) is 0 Å². The average Bonchev–Trinajstić information content (AvgIpc) is 2.97. The summed E-state index contributed by atoms with van der Waals surface area (Å²) in [7, 11) is 0. The van der Waals surface area contributed by atoms with Crippen molar-refractivity contribution in [1.82, 2.24) is 9.88 Å². The Kier molecular flexibility index (Phi) is 5.31. The molecule has 1 aliphatic carbocycles. The topological polar surface area (TPSA) is 51.7 Å². The van der Waals surface area contributed by atoms with E-state index in [1.54, 1.807) is 12.3 Å². The van der Waals surface area contributed by atoms with Crippen LogP contribution in [-0.2, 0) is 9.47 Å². The summed E-state index contributed by atoms with van der Waals surface area (Å²) in [6.45, 7) is 8.70. The first-order chi connectivity index (χ1) is 11.6. The van der Waals surface area contributed by atoms with Crippen LogP contribution in [0.25, 0.3) is 0 Å².